The lowest BCUT2D eigenvalue weighted by molar-refractivity contribution is -0.0284. The zero-order valence-electron chi connectivity index (χ0n) is 14.6. The van der Waals surface area contributed by atoms with Gasteiger partial charge in [0.25, 0.3) is 5.91 Å². The molecule has 0 aliphatic carbocycles. The number of aromatic amines is 1. The number of ether oxygens (including phenoxy) is 1. The number of carbonyl (C=O) groups excluding carboxylic acids is 1. The molecule has 1 aliphatic heterocycles. The molecular weight excluding hydrogens is 334 g/mol. The number of carbonyl (C=O) groups is 1. The lowest BCUT2D eigenvalue weighted by Gasteiger charge is -2.32. The number of hydrogen-bond donors (Lipinski definition) is 1. The molecule has 1 fully saturated rings. The van der Waals surface area contributed by atoms with E-state index in [4.69, 9.17) is 4.74 Å². The first-order chi connectivity index (χ1) is 12.6. The summed E-state index contributed by atoms with van der Waals surface area (Å²) in [4.78, 5) is 15.0. The molecule has 26 heavy (non-hydrogen) atoms. The molecule has 1 atom stereocenters. The number of hydrogen-bond acceptors (Lipinski definition) is 6. The van der Waals surface area contributed by atoms with E-state index >= 15 is 0 Å². The first-order valence-electron chi connectivity index (χ1n) is 8.38. The molecule has 1 aliphatic rings. The van der Waals surface area contributed by atoms with Gasteiger partial charge in [-0.2, -0.15) is 5.10 Å². The minimum absolute atomic E-state index is 0.0708. The number of nitrogens with zero attached hydrogens (tertiary/aromatic N) is 6. The summed E-state index contributed by atoms with van der Waals surface area (Å²) in [5.41, 5.74) is 2.91. The number of benzene rings is 1. The zero-order valence-corrected chi connectivity index (χ0v) is 14.6. The third-order valence-corrected chi connectivity index (χ3v) is 4.50. The molecule has 4 rings (SSSR count). The Balaban J connectivity index is 1.62. The van der Waals surface area contributed by atoms with Gasteiger partial charge in [-0.05, 0) is 17.4 Å². The molecule has 3 aromatic rings. The van der Waals surface area contributed by atoms with E-state index in [1.54, 1.807) is 16.6 Å². The van der Waals surface area contributed by atoms with Crippen molar-refractivity contribution in [3.05, 3.63) is 47.4 Å². The lowest BCUT2D eigenvalue weighted by atomic mass is 10.0. The minimum Gasteiger partial charge on any atom is -0.366 e. The average molecular weight is 353 g/mol. The van der Waals surface area contributed by atoms with Gasteiger partial charge in [0, 0.05) is 24.8 Å². The van der Waals surface area contributed by atoms with Crippen molar-refractivity contribution in [1.29, 1.82) is 0 Å². The second-order valence-corrected chi connectivity index (χ2v) is 6.21. The fourth-order valence-electron chi connectivity index (χ4n) is 3.15. The third-order valence-electron chi connectivity index (χ3n) is 4.50. The maximum Gasteiger partial charge on any atom is 0.258 e. The monoisotopic (exact) mass is 353 g/mol. The van der Waals surface area contributed by atoms with E-state index in [9.17, 15) is 4.79 Å². The highest BCUT2D eigenvalue weighted by atomic mass is 16.5. The second kappa shape index (κ2) is 6.68. The lowest BCUT2D eigenvalue weighted by Crippen LogP contribution is -2.43. The van der Waals surface area contributed by atoms with Crippen molar-refractivity contribution in [2.45, 2.75) is 13.0 Å². The molecule has 1 N–H and O–H groups in total. The van der Waals surface area contributed by atoms with Gasteiger partial charge in [0.1, 0.15) is 11.8 Å². The zero-order chi connectivity index (χ0) is 18.1. The topological polar surface area (TPSA) is 102 Å². The Bertz CT molecular complexity index is 918. The van der Waals surface area contributed by atoms with Gasteiger partial charge in [0.05, 0.1) is 18.7 Å². The quantitative estimate of drug-likeness (QED) is 0.757. The summed E-state index contributed by atoms with van der Waals surface area (Å²) >= 11 is 0. The number of nitrogens with one attached hydrogen (secondary N) is 1. The largest absolute Gasteiger partial charge is 0.366 e. The van der Waals surface area contributed by atoms with Crippen LogP contribution in [0, 0.1) is 6.92 Å². The molecule has 134 valence electrons. The van der Waals surface area contributed by atoms with E-state index in [0.717, 1.165) is 11.3 Å². The Morgan fingerprint density at radius 1 is 1.31 bits per heavy atom. The standard InChI is InChI=1S/C17H19N7O2/c1-11-14(15(19-18-11)12-6-4-3-5-7-12)17(25)24-8-9-26-13(10-24)16-20-21-22-23(16)2/h3-7,13H,8-10H2,1-2H3,(H,18,19). The predicted molar refractivity (Wildman–Crippen MR) is 92.2 cm³/mol. The normalized spacial score (nSPS) is 17.5. The van der Waals surface area contributed by atoms with Crippen LogP contribution in [0.15, 0.2) is 30.3 Å². The highest BCUT2D eigenvalue weighted by molar-refractivity contribution is 6.01. The molecule has 1 aromatic carbocycles. The van der Waals surface area contributed by atoms with Crippen molar-refractivity contribution in [2.24, 2.45) is 7.05 Å². The van der Waals surface area contributed by atoms with E-state index in [0.29, 0.717) is 36.8 Å². The fourth-order valence-corrected chi connectivity index (χ4v) is 3.15. The van der Waals surface area contributed by atoms with Gasteiger partial charge in [-0.1, -0.05) is 30.3 Å². The SMILES string of the molecule is Cc1[nH]nc(-c2ccccc2)c1C(=O)N1CCOC(c2nnnn2C)C1. The van der Waals surface area contributed by atoms with E-state index in [1.807, 2.05) is 37.3 Å². The first-order valence-corrected chi connectivity index (χ1v) is 8.38. The molecular formula is C17H19N7O2. The number of morpholine rings is 1. The molecule has 1 saturated heterocycles. The van der Waals surface area contributed by atoms with Crippen molar-refractivity contribution in [1.82, 2.24) is 35.3 Å². The highest BCUT2D eigenvalue weighted by Crippen LogP contribution is 2.27. The Morgan fingerprint density at radius 2 is 2.12 bits per heavy atom. The Hall–Kier alpha value is -3.07. The summed E-state index contributed by atoms with van der Waals surface area (Å²) in [7, 11) is 1.76. The number of tetrazole rings is 1. The van der Waals surface area contributed by atoms with Crippen molar-refractivity contribution < 1.29 is 9.53 Å². The molecule has 9 heteroatoms. The molecule has 1 amide bonds. The molecule has 0 bridgehead atoms. The van der Waals surface area contributed by atoms with Crippen LogP contribution < -0.4 is 0 Å². The van der Waals surface area contributed by atoms with Gasteiger partial charge >= 0.3 is 0 Å². The molecule has 0 saturated carbocycles. The van der Waals surface area contributed by atoms with E-state index in [2.05, 4.69) is 25.7 Å². The van der Waals surface area contributed by atoms with E-state index in [-0.39, 0.29) is 12.0 Å². The van der Waals surface area contributed by atoms with Crippen molar-refractivity contribution in [3.63, 3.8) is 0 Å². The molecule has 2 aromatic heterocycles. The summed E-state index contributed by atoms with van der Waals surface area (Å²) in [6, 6.07) is 9.68. The molecule has 9 nitrogen and oxygen atoms in total. The number of rotatable bonds is 3. The minimum atomic E-state index is -0.347. The number of aryl methyl sites for hydroxylation is 2. The number of amides is 1. The second-order valence-electron chi connectivity index (χ2n) is 6.21. The van der Waals surface area contributed by atoms with E-state index in [1.165, 1.54) is 0 Å². The number of aromatic nitrogens is 6. The molecule has 1 unspecified atom stereocenters. The van der Waals surface area contributed by atoms with Crippen LogP contribution in [0.4, 0.5) is 0 Å². The molecule has 0 spiro atoms. The maximum atomic E-state index is 13.2. The summed E-state index contributed by atoms with van der Waals surface area (Å²) < 4.78 is 7.33. The van der Waals surface area contributed by atoms with Crippen LogP contribution in [0.2, 0.25) is 0 Å². The van der Waals surface area contributed by atoms with Crippen LogP contribution in [-0.2, 0) is 11.8 Å². The Morgan fingerprint density at radius 3 is 2.85 bits per heavy atom. The summed E-state index contributed by atoms with van der Waals surface area (Å²) in [6.45, 7) is 3.20. The van der Waals surface area contributed by atoms with Crippen LogP contribution in [0.5, 0.6) is 0 Å². The summed E-state index contributed by atoms with van der Waals surface area (Å²) in [5.74, 6) is 0.535. The molecule has 0 radical (unpaired) electrons. The van der Waals surface area contributed by atoms with Crippen LogP contribution in [0.25, 0.3) is 11.3 Å². The van der Waals surface area contributed by atoms with Crippen LogP contribution in [-0.4, -0.2) is 60.9 Å². The molecule has 3 heterocycles. The van der Waals surface area contributed by atoms with Gasteiger partial charge in [-0.25, -0.2) is 4.68 Å². The summed E-state index contributed by atoms with van der Waals surface area (Å²) in [5, 5.41) is 18.8. The Labute approximate surface area is 150 Å². The number of H-pyrrole nitrogens is 1. The van der Waals surface area contributed by atoms with Crippen LogP contribution >= 0.6 is 0 Å². The fraction of sp³-hybridized carbons (Fsp3) is 0.353. The smallest absolute Gasteiger partial charge is 0.258 e. The van der Waals surface area contributed by atoms with Crippen LogP contribution in [0.1, 0.15) is 28.0 Å². The first kappa shape index (κ1) is 16.4. The summed E-state index contributed by atoms with van der Waals surface area (Å²) in [6.07, 6.45) is -0.347. The van der Waals surface area contributed by atoms with Crippen molar-refractivity contribution in [3.8, 4) is 11.3 Å². The van der Waals surface area contributed by atoms with Gasteiger partial charge < -0.3 is 9.64 Å². The van der Waals surface area contributed by atoms with Gasteiger partial charge in [0.2, 0.25) is 0 Å². The van der Waals surface area contributed by atoms with Gasteiger partial charge in [0.15, 0.2) is 5.82 Å². The Kier molecular flexibility index (Phi) is 4.21. The average Bonchev–Trinajstić information content (AvgIpc) is 3.27. The van der Waals surface area contributed by atoms with Crippen molar-refractivity contribution in [2.75, 3.05) is 19.7 Å². The predicted octanol–water partition coefficient (Wildman–Crippen LogP) is 1.12. The van der Waals surface area contributed by atoms with Gasteiger partial charge in [-0.3, -0.25) is 9.89 Å². The van der Waals surface area contributed by atoms with E-state index < -0.39 is 0 Å². The third kappa shape index (κ3) is 2.86. The maximum absolute atomic E-state index is 13.2. The van der Waals surface area contributed by atoms with Gasteiger partial charge in [-0.15, -0.1) is 5.10 Å². The highest BCUT2D eigenvalue weighted by Gasteiger charge is 2.31. The van der Waals surface area contributed by atoms with Crippen LogP contribution in [0.3, 0.4) is 0 Å². The van der Waals surface area contributed by atoms with Crippen molar-refractivity contribution >= 4 is 5.91 Å².